The smallest absolute Gasteiger partial charge is 0.270 e. The molecule has 1 N–H and O–H groups in total. The summed E-state index contributed by atoms with van der Waals surface area (Å²) < 4.78 is 8.44. The molecule has 0 radical (unpaired) electrons. The van der Waals surface area contributed by atoms with Gasteiger partial charge in [0.1, 0.15) is 12.1 Å². The average molecular weight is 450 g/mol. The highest BCUT2D eigenvalue weighted by atomic mass is 79.9. The molecule has 0 fully saturated rings. The molecule has 8 heteroatoms. The van der Waals surface area contributed by atoms with E-state index in [9.17, 15) is 4.79 Å². The molecule has 0 atom stereocenters. The summed E-state index contributed by atoms with van der Waals surface area (Å²) in [6.07, 6.45) is 1.57. The lowest BCUT2D eigenvalue weighted by atomic mass is 10.1. The molecule has 0 aliphatic rings. The summed E-state index contributed by atoms with van der Waals surface area (Å²) in [6.45, 7) is 3.91. The second-order valence-electron chi connectivity index (χ2n) is 6.41. The van der Waals surface area contributed by atoms with Crippen molar-refractivity contribution >= 4 is 39.4 Å². The fourth-order valence-corrected chi connectivity index (χ4v) is 2.69. The number of ether oxygens (including phenoxy) is 1. The van der Waals surface area contributed by atoms with E-state index in [0.717, 1.165) is 10.0 Å². The van der Waals surface area contributed by atoms with E-state index < -0.39 is 5.60 Å². The molecule has 0 bridgehead atoms. The molecule has 1 aromatic heterocycles. The van der Waals surface area contributed by atoms with Gasteiger partial charge in [-0.3, -0.25) is 10.1 Å². The second kappa shape index (κ2) is 8.10. The van der Waals surface area contributed by atoms with Crippen LogP contribution in [0.1, 0.15) is 19.4 Å². The van der Waals surface area contributed by atoms with Gasteiger partial charge in [-0.05, 0) is 55.8 Å². The number of halogens is 2. The highest BCUT2D eigenvalue weighted by Gasteiger charge is 2.31. The highest BCUT2D eigenvalue weighted by molar-refractivity contribution is 9.10. The van der Waals surface area contributed by atoms with Crippen molar-refractivity contribution in [1.29, 1.82) is 0 Å². The van der Waals surface area contributed by atoms with Crippen molar-refractivity contribution in [2.75, 3.05) is 5.32 Å². The molecule has 6 nitrogen and oxygen atoms in total. The van der Waals surface area contributed by atoms with Gasteiger partial charge < -0.3 is 4.74 Å². The summed E-state index contributed by atoms with van der Waals surface area (Å²) in [4.78, 5) is 16.7. The number of amides is 1. The lowest BCUT2D eigenvalue weighted by Crippen LogP contribution is -2.42. The van der Waals surface area contributed by atoms with Crippen LogP contribution in [0.4, 0.5) is 5.95 Å². The van der Waals surface area contributed by atoms with Gasteiger partial charge in [-0.15, -0.1) is 5.10 Å². The quantitative estimate of drug-likeness (QED) is 0.600. The Labute approximate surface area is 170 Å². The molecule has 0 aliphatic heterocycles. The largest absolute Gasteiger partial charge is 0.478 e. The standard InChI is InChI=1S/C19H18BrClN4O2/c1-19(2,27-16-9-7-15(21)8-10-16)17(26)23-18-22-12-25(24-18)11-13-3-5-14(20)6-4-13/h3-10,12H,11H2,1-2H3,(H,23,24,26). The Hall–Kier alpha value is -2.38. The molecule has 0 aliphatic carbocycles. The fraction of sp³-hybridized carbons (Fsp3) is 0.211. The van der Waals surface area contributed by atoms with Crippen molar-refractivity contribution in [2.45, 2.75) is 26.0 Å². The van der Waals surface area contributed by atoms with Crippen molar-refractivity contribution in [2.24, 2.45) is 0 Å². The third kappa shape index (κ3) is 5.30. The molecule has 3 rings (SSSR count). The number of benzene rings is 2. The van der Waals surface area contributed by atoms with Crippen LogP contribution in [0, 0.1) is 0 Å². The van der Waals surface area contributed by atoms with Crippen molar-refractivity contribution in [1.82, 2.24) is 14.8 Å². The molecule has 1 amide bonds. The summed E-state index contributed by atoms with van der Waals surface area (Å²) in [5.41, 5.74) is -0.0299. The molecule has 27 heavy (non-hydrogen) atoms. The molecule has 0 saturated carbocycles. The summed E-state index contributed by atoms with van der Waals surface area (Å²) in [5.74, 6) is 0.428. The third-order valence-corrected chi connectivity index (χ3v) is 4.53. The molecule has 1 heterocycles. The van der Waals surface area contributed by atoms with Crippen molar-refractivity contribution in [3.05, 3.63) is 69.9 Å². The normalized spacial score (nSPS) is 11.3. The minimum atomic E-state index is -1.11. The minimum Gasteiger partial charge on any atom is -0.478 e. The van der Waals surface area contributed by atoms with Gasteiger partial charge in [-0.1, -0.05) is 39.7 Å². The zero-order valence-corrected chi connectivity index (χ0v) is 17.2. The molecular weight excluding hydrogens is 432 g/mol. The van der Waals surface area contributed by atoms with Gasteiger partial charge in [-0.2, -0.15) is 0 Å². The molecular formula is C19H18BrClN4O2. The summed E-state index contributed by atoms with van der Waals surface area (Å²) in [5, 5.41) is 7.58. The highest BCUT2D eigenvalue weighted by Crippen LogP contribution is 2.21. The molecule has 140 valence electrons. The number of hydrogen-bond donors (Lipinski definition) is 1. The number of aromatic nitrogens is 3. The first-order valence-corrected chi connectivity index (χ1v) is 9.39. The monoisotopic (exact) mass is 448 g/mol. The number of carbonyl (C=O) groups excluding carboxylic acids is 1. The van der Waals surface area contributed by atoms with E-state index in [1.54, 1.807) is 49.1 Å². The van der Waals surface area contributed by atoms with Crippen LogP contribution in [0.15, 0.2) is 59.3 Å². The Bertz CT molecular complexity index is 924. The SMILES string of the molecule is CC(C)(Oc1ccc(Cl)cc1)C(=O)Nc1ncn(Cc2ccc(Br)cc2)n1. The molecule has 0 spiro atoms. The Kier molecular flexibility index (Phi) is 5.82. The van der Waals surface area contributed by atoms with E-state index in [0.29, 0.717) is 17.3 Å². The number of anilines is 1. The van der Waals surface area contributed by atoms with Crippen molar-refractivity contribution < 1.29 is 9.53 Å². The Morgan fingerprint density at radius 1 is 1.19 bits per heavy atom. The van der Waals surface area contributed by atoms with E-state index in [-0.39, 0.29) is 11.9 Å². The van der Waals surface area contributed by atoms with Gasteiger partial charge >= 0.3 is 0 Å². The maximum absolute atomic E-state index is 12.6. The molecule has 0 saturated heterocycles. The topological polar surface area (TPSA) is 69.0 Å². The van der Waals surface area contributed by atoms with Crippen LogP contribution in [0.25, 0.3) is 0 Å². The second-order valence-corrected chi connectivity index (χ2v) is 7.76. The average Bonchev–Trinajstić information content (AvgIpc) is 3.06. The third-order valence-electron chi connectivity index (χ3n) is 3.75. The van der Waals surface area contributed by atoms with Gasteiger partial charge in [0.25, 0.3) is 5.91 Å². The van der Waals surface area contributed by atoms with Gasteiger partial charge in [0, 0.05) is 9.50 Å². The van der Waals surface area contributed by atoms with Crippen molar-refractivity contribution in [3.63, 3.8) is 0 Å². The van der Waals surface area contributed by atoms with Crippen LogP contribution in [-0.4, -0.2) is 26.3 Å². The molecule has 2 aromatic carbocycles. The summed E-state index contributed by atoms with van der Waals surface area (Å²) >= 11 is 9.27. The van der Waals surface area contributed by atoms with Crippen LogP contribution < -0.4 is 10.1 Å². The molecule has 0 unspecified atom stereocenters. The van der Waals surface area contributed by atoms with E-state index >= 15 is 0 Å². The lowest BCUT2D eigenvalue weighted by molar-refractivity contribution is -0.128. The zero-order chi connectivity index (χ0) is 19.4. The van der Waals surface area contributed by atoms with E-state index in [1.807, 2.05) is 24.3 Å². The van der Waals surface area contributed by atoms with E-state index in [1.165, 1.54) is 0 Å². The van der Waals surface area contributed by atoms with E-state index in [2.05, 4.69) is 31.3 Å². The van der Waals surface area contributed by atoms with Crippen LogP contribution >= 0.6 is 27.5 Å². The van der Waals surface area contributed by atoms with E-state index in [4.69, 9.17) is 16.3 Å². The number of rotatable bonds is 6. The van der Waals surface area contributed by atoms with Crippen LogP contribution in [0.5, 0.6) is 5.75 Å². The van der Waals surface area contributed by atoms with Crippen molar-refractivity contribution in [3.8, 4) is 5.75 Å². The maximum Gasteiger partial charge on any atom is 0.270 e. The van der Waals surface area contributed by atoms with Gasteiger partial charge in [-0.25, -0.2) is 9.67 Å². The first kappa shape index (κ1) is 19.4. The van der Waals surface area contributed by atoms with Crippen LogP contribution in [-0.2, 0) is 11.3 Å². The Morgan fingerprint density at radius 3 is 2.52 bits per heavy atom. The number of carbonyl (C=O) groups is 1. The first-order valence-electron chi connectivity index (χ1n) is 8.22. The lowest BCUT2D eigenvalue weighted by Gasteiger charge is -2.24. The summed E-state index contributed by atoms with van der Waals surface area (Å²) in [6, 6.07) is 14.7. The van der Waals surface area contributed by atoms with Crippen LogP contribution in [0.2, 0.25) is 5.02 Å². The Morgan fingerprint density at radius 2 is 1.85 bits per heavy atom. The minimum absolute atomic E-state index is 0.227. The maximum atomic E-state index is 12.6. The number of nitrogens with zero attached hydrogens (tertiary/aromatic N) is 3. The summed E-state index contributed by atoms with van der Waals surface area (Å²) in [7, 11) is 0. The van der Waals surface area contributed by atoms with Gasteiger partial charge in [0.05, 0.1) is 6.54 Å². The predicted octanol–water partition coefficient (Wildman–Crippen LogP) is 4.54. The van der Waals surface area contributed by atoms with Crippen LogP contribution in [0.3, 0.4) is 0 Å². The predicted molar refractivity (Wildman–Crippen MR) is 108 cm³/mol. The fourth-order valence-electron chi connectivity index (χ4n) is 2.30. The van der Waals surface area contributed by atoms with Gasteiger partial charge in [0.15, 0.2) is 5.60 Å². The number of hydrogen-bond acceptors (Lipinski definition) is 4. The first-order chi connectivity index (χ1) is 12.8. The Balaban J connectivity index is 1.62. The molecule has 3 aromatic rings. The number of nitrogens with one attached hydrogen (secondary N) is 1. The zero-order valence-electron chi connectivity index (χ0n) is 14.8. The van der Waals surface area contributed by atoms with Gasteiger partial charge in [0.2, 0.25) is 5.95 Å².